The molecule has 108 valence electrons. The van der Waals surface area contributed by atoms with Crippen molar-refractivity contribution in [3.05, 3.63) is 59.4 Å². The van der Waals surface area contributed by atoms with Crippen molar-refractivity contribution in [2.24, 2.45) is 5.73 Å². The summed E-state index contributed by atoms with van der Waals surface area (Å²) in [5, 5.41) is 9.24. The van der Waals surface area contributed by atoms with Gasteiger partial charge in [-0.25, -0.2) is 4.39 Å². The SMILES string of the molecule is NC1CCN(C(=O)c2ccc(O)cc2F)c2ccccc21. The summed E-state index contributed by atoms with van der Waals surface area (Å²) in [6.07, 6.45) is 0.627. The van der Waals surface area contributed by atoms with Crippen LogP contribution in [0.1, 0.15) is 28.4 Å². The fraction of sp³-hybridized carbons (Fsp3) is 0.188. The zero-order chi connectivity index (χ0) is 15.0. The number of aromatic hydroxyl groups is 1. The number of benzene rings is 2. The Morgan fingerprint density at radius 1 is 1.29 bits per heavy atom. The number of carbonyl (C=O) groups is 1. The number of rotatable bonds is 1. The van der Waals surface area contributed by atoms with Crippen molar-refractivity contribution < 1.29 is 14.3 Å². The van der Waals surface area contributed by atoms with E-state index in [0.29, 0.717) is 18.7 Å². The van der Waals surface area contributed by atoms with Crippen LogP contribution in [0.3, 0.4) is 0 Å². The van der Waals surface area contributed by atoms with E-state index in [9.17, 15) is 14.3 Å². The molecule has 2 aromatic carbocycles. The molecule has 1 aliphatic rings. The third-order valence-electron chi connectivity index (χ3n) is 3.72. The Kier molecular flexibility index (Phi) is 3.35. The number of para-hydroxylation sites is 1. The van der Waals surface area contributed by atoms with Crippen LogP contribution in [0.15, 0.2) is 42.5 Å². The number of carbonyl (C=O) groups excluding carboxylic acids is 1. The van der Waals surface area contributed by atoms with E-state index in [0.717, 1.165) is 11.6 Å². The first-order chi connectivity index (χ1) is 10.1. The Bertz CT molecular complexity index is 702. The minimum atomic E-state index is -0.729. The molecule has 0 bridgehead atoms. The number of anilines is 1. The van der Waals surface area contributed by atoms with Gasteiger partial charge in [-0.1, -0.05) is 18.2 Å². The van der Waals surface area contributed by atoms with Gasteiger partial charge in [0.2, 0.25) is 0 Å². The predicted molar refractivity (Wildman–Crippen MR) is 77.7 cm³/mol. The summed E-state index contributed by atoms with van der Waals surface area (Å²) in [6, 6.07) is 10.8. The standard InChI is InChI=1S/C16H15FN2O2/c17-13-9-10(20)5-6-11(13)16(21)19-8-7-14(18)12-3-1-2-4-15(12)19/h1-6,9,14,20H,7-8,18H2. The smallest absolute Gasteiger partial charge is 0.261 e. The maximum atomic E-state index is 13.9. The molecule has 1 amide bonds. The van der Waals surface area contributed by atoms with Gasteiger partial charge in [0, 0.05) is 24.3 Å². The number of nitrogens with zero attached hydrogens (tertiary/aromatic N) is 1. The Balaban J connectivity index is 2.01. The van der Waals surface area contributed by atoms with Crippen molar-refractivity contribution >= 4 is 11.6 Å². The number of fused-ring (bicyclic) bond motifs is 1. The van der Waals surface area contributed by atoms with Gasteiger partial charge in [-0.3, -0.25) is 4.79 Å². The van der Waals surface area contributed by atoms with Gasteiger partial charge < -0.3 is 15.7 Å². The van der Waals surface area contributed by atoms with E-state index in [-0.39, 0.29) is 17.4 Å². The Morgan fingerprint density at radius 2 is 2.05 bits per heavy atom. The molecule has 3 N–H and O–H groups in total. The average Bonchev–Trinajstić information content (AvgIpc) is 2.47. The predicted octanol–water partition coefficient (Wildman–Crippen LogP) is 2.58. The molecule has 0 spiro atoms. The van der Waals surface area contributed by atoms with Crippen LogP contribution in [-0.2, 0) is 0 Å². The highest BCUT2D eigenvalue weighted by Gasteiger charge is 2.28. The number of hydrogen-bond donors (Lipinski definition) is 2. The monoisotopic (exact) mass is 286 g/mol. The highest BCUT2D eigenvalue weighted by molar-refractivity contribution is 6.07. The van der Waals surface area contributed by atoms with Crippen LogP contribution in [0.25, 0.3) is 0 Å². The van der Waals surface area contributed by atoms with Gasteiger partial charge >= 0.3 is 0 Å². The van der Waals surface area contributed by atoms with Gasteiger partial charge in [-0.2, -0.15) is 0 Å². The van der Waals surface area contributed by atoms with Crippen molar-refractivity contribution in [2.45, 2.75) is 12.5 Å². The minimum absolute atomic E-state index is 0.0573. The number of hydrogen-bond acceptors (Lipinski definition) is 3. The van der Waals surface area contributed by atoms with Crippen molar-refractivity contribution in [1.82, 2.24) is 0 Å². The largest absolute Gasteiger partial charge is 0.508 e. The number of amides is 1. The summed E-state index contributed by atoms with van der Waals surface area (Å²) < 4.78 is 13.9. The van der Waals surface area contributed by atoms with Crippen LogP contribution in [0.4, 0.5) is 10.1 Å². The van der Waals surface area contributed by atoms with Gasteiger partial charge in [0.15, 0.2) is 0 Å². The molecule has 5 heteroatoms. The van der Waals surface area contributed by atoms with E-state index in [4.69, 9.17) is 5.73 Å². The first kappa shape index (κ1) is 13.6. The topological polar surface area (TPSA) is 66.6 Å². The molecule has 1 unspecified atom stereocenters. The molecule has 0 fully saturated rings. The van der Waals surface area contributed by atoms with E-state index >= 15 is 0 Å². The number of nitrogens with two attached hydrogens (primary N) is 1. The number of phenolic OH excluding ortho intramolecular Hbond substituents is 1. The zero-order valence-corrected chi connectivity index (χ0v) is 11.3. The highest BCUT2D eigenvalue weighted by Crippen LogP contribution is 2.33. The van der Waals surface area contributed by atoms with Crippen LogP contribution in [0, 0.1) is 5.82 Å². The van der Waals surface area contributed by atoms with Crippen LogP contribution >= 0.6 is 0 Å². The van der Waals surface area contributed by atoms with Gasteiger partial charge in [0.1, 0.15) is 11.6 Å². The lowest BCUT2D eigenvalue weighted by molar-refractivity contribution is 0.0980. The van der Waals surface area contributed by atoms with Crippen LogP contribution in [0.2, 0.25) is 0 Å². The van der Waals surface area contributed by atoms with E-state index in [2.05, 4.69) is 0 Å². The lowest BCUT2D eigenvalue weighted by Gasteiger charge is -2.32. The molecular formula is C16H15FN2O2. The maximum Gasteiger partial charge on any atom is 0.261 e. The lowest BCUT2D eigenvalue weighted by Crippen LogP contribution is -2.38. The summed E-state index contributed by atoms with van der Waals surface area (Å²) in [7, 11) is 0. The van der Waals surface area contributed by atoms with Crippen LogP contribution < -0.4 is 10.6 Å². The molecule has 1 heterocycles. The number of phenols is 1. The lowest BCUT2D eigenvalue weighted by atomic mass is 9.96. The molecular weight excluding hydrogens is 271 g/mol. The highest BCUT2D eigenvalue weighted by atomic mass is 19.1. The van der Waals surface area contributed by atoms with Crippen LogP contribution in [-0.4, -0.2) is 17.6 Å². The quantitative estimate of drug-likeness (QED) is 0.846. The second kappa shape index (κ2) is 5.18. The van der Waals surface area contributed by atoms with Gasteiger partial charge in [-0.05, 0) is 30.2 Å². The maximum absolute atomic E-state index is 13.9. The summed E-state index contributed by atoms with van der Waals surface area (Å²) in [5.41, 5.74) is 7.60. The van der Waals surface area contributed by atoms with E-state index < -0.39 is 11.7 Å². The molecule has 2 aromatic rings. The first-order valence-corrected chi connectivity index (χ1v) is 6.73. The molecule has 3 rings (SSSR count). The van der Waals surface area contributed by atoms with Crippen LogP contribution in [0.5, 0.6) is 5.75 Å². The zero-order valence-electron chi connectivity index (χ0n) is 11.3. The molecule has 1 aliphatic heterocycles. The molecule has 0 saturated carbocycles. The fourth-order valence-electron chi connectivity index (χ4n) is 2.62. The summed E-state index contributed by atoms with van der Waals surface area (Å²) >= 11 is 0. The second-order valence-electron chi connectivity index (χ2n) is 5.07. The number of halogens is 1. The molecule has 0 aromatic heterocycles. The first-order valence-electron chi connectivity index (χ1n) is 6.73. The van der Waals surface area contributed by atoms with E-state index in [1.807, 2.05) is 24.3 Å². The van der Waals surface area contributed by atoms with Gasteiger partial charge in [0.25, 0.3) is 5.91 Å². The van der Waals surface area contributed by atoms with Crippen molar-refractivity contribution in [1.29, 1.82) is 0 Å². The Labute approximate surface area is 121 Å². The molecule has 0 aliphatic carbocycles. The molecule has 1 atom stereocenters. The van der Waals surface area contributed by atoms with E-state index in [1.165, 1.54) is 17.0 Å². The molecule has 0 radical (unpaired) electrons. The third-order valence-corrected chi connectivity index (χ3v) is 3.72. The fourth-order valence-corrected chi connectivity index (χ4v) is 2.62. The summed E-state index contributed by atoms with van der Waals surface area (Å²) in [4.78, 5) is 14.1. The van der Waals surface area contributed by atoms with Gasteiger partial charge in [-0.15, -0.1) is 0 Å². The summed E-state index contributed by atoms with van der Waals surface area (Å²) in [6.45, 7) is 0.442. The summed E-state index contributed by atoms with van der Waals surface area (Å²) in [5.74, 6) is -1.36. The van der Waals surface area contributed by atoms with Crippen molar-refractivity contribution in [3.8, 4) is 5.75 Å². The molecule has 4 nitrogen and oxygen atoms in total. The average molecular weight is 286 g/mol. The van der Waals surface area contributed by atoms with E-state index in [1.54, 1.807) is 0 Å². The third kappa shape index (κ3) is 2.36. The Morgan fingerprint density at radius 3 is 2.81 bits per heavy atom. The van der Waals surface area contributed by atoms with Crippen molar-refractivity contribution in [2.75, 3.05) is 11.4 Å². The second-order valence-corrected chi connectivity index (χ2v) is 5.07. The molecule has 21 heavy (non-hydrogen) atoms. The van der Waals surface area contributed by atoms with Gasteiger partial charge in [0.05, 0.1) is 5.56 Å². The minimum Gasteiger partial charge on any atom is -0.508 e. The van der Waals surface area contributed by atoms with Crippen molar-refractivity contribution in [3.63, 3.8) is 0 Å². The Hall–Kier alpha value is -2.40. The normalized spacial score (nSPS) is 17.4. The molecule has 0 saturated heterocycles.